The van der Waals surface area contributed by atoms with Crippen LogP contribution in [-0.4, -0.2) is 55.3 Å². The van der Waals surface area contributed by atoms with Crippen LogP contribution in [0.1, 0.15) is 55.6 Å². The molecule has 1 atom stereocenters. The zero-order valence-electron chi connectivity index (χ0n) is 22.4. The van der Waals surface area contributed by atoms with Crippen molar-refractivity contribution in [1.82, 2.24) is 30.0 Å². The number of rotatable bonds is 5. The number of amides is 2. The highest BCUT2D eigenvalue weighted by Gasteiger charge is 2.31. The van der Waals surface area contributed by atoms with Gasteiger partial charge in [-0.25, -0.2) is 19.4 Å². The van der Waals surface area contributed by atoms with Gasteiger partial charge in [-0.1, -0.05) is 42.5 Å². The van der Waals surface area contributed by atoms with Gasteiger partial charge in [-0.15, -0.1) is 0 Å². The van der Waals surface area contributed by atoms with E-state index in [0.29, 0.717) is 47.7 Å². The summed E-state index contributed by atoms with van der Waals surface area (Å²) in [5.41, 5.74) is 9.19. The Morgan fingerprint density at radius 3 is 2.67 bits per heavy atom. The second-order valence-corrected chi connectivity index (χ2v) is 10.7. The van der Waals surface area contributed by atoms with Gasteiger partial charge in [0.1, 0.15) is 23.4 Å². The molecule has 0 radical (unpaired) electrons. The van der Waals surface area contributed by atoms with Crippen molar-refractivity contribution in [2.75, 3.05) is 18.8 Å². The Balaban J connectivity index is 1.44. The summed E-state index contributed by atoms with van der Waals surface area (Å²) in [6.07, 6.45) is 2.70. The predicted molar refractivity (Wildman–Crippen MR) is 149 cm³/mol. The van der Waals surface area contributed by atoms with E-state index in [9.17, 15) is 9.59 Å². The summed E-state index contributed by atoms with van der Waals surface area (Å²) < 4.78 is 7.43. The van der Waals surface area contributed by atoms with Crippen LogP contribution in [-0.2, 0) is 11.3 Å². The normalized spacial score (nSPS) is 15.8. The van der Waals surface area contributed by atoms with Crippen LogP contribution >= 0.6 is 0 Å². The van der Waals surface area contributed by atoms with E-state index in [4.69, 9.17) is 15.6 Å². The van der Waals surface area contributed by atoms with Crippen LogP contribution in [0.4, 0.5) is 10.6 Å². The summed E-state index contributed by atoms with van der Waals surface area (Å²) in [4.78, 5) is 36.1. The number of nitrogens with zero attached hydrogens (tertiary/aromatic N) is 5. The molecule has 1 aliphatic rings. The summed E-state index contributed by atoms with van der Waals surface area (Å²) in [6.45, 7) is 7.06. The van der Waals surface area contributed by atoms with E-state index in [1.54, 1.807) is 17.0 Å². The molecule has 0 unspecified atom stereocenters. The van der Waals surface area contributed by atoms with Gasteiger partial charge in [-0.2, -0.15) is 5.10 Å². The minimum Gasteiger partial charge on any atom is -0.444 e. The van der Waals surface area contributed by atoms with Crippen LogP contribution in [0.25, 0.3) is 22.3 Å². The molecule has 1 fully saturated rings. The predicted octanol–water partition coefficient (Wildman–Crippen LogP) is 4.58. The maximum Gasteiger partial charge on any atom is 0.410 e. The second-order valence-electron chi connectivity index (χ2n) is 10.7. The summed E-state index contributed by atoms with van der Waals surface area (Å²) in [6, 6.07) is 16.9. The molecule has 2 aromatic carbocycles. The Morgan fingerprint density at radius 1 is 1.10 bits per heavy atom. The van der Waals surface area contributed by atoms with Gasteiger partial charge in [0.25, 0.3) is 5.91 Å². The minimum atomic E-state index is -0.574. The molecule has 0 bridgehead atoms. The highest BCUT2D eigenvalue weighted by atomic mass is 16.6. The molecule has 5 rings (SSSR count). The molecule has 10 heteroatoms. The molecule has 1 aliphatic heterocycles. The Morgan fingerprint density at radius 2 is 1.90 bits per heavy atom. The van der Waals surface area contributed by atoms with Gasteiger partial charge in [0.15, 0.2) is 5.65 Å². The van der Waals surface area contributed by atoms with E-state index in [1.807, 2.05) is 67.9 Å². The molecule has 0 aliphatic carbocycles. The fourth-order valence-corrected chi connectivity index (χ4v) is 4.79. The number of nitrogen functional groups attached to an aromatic ring is 1. The van der Waals surface area contributed by atoms with E-state index < -0.39 is 5.60 Å². The van der Waals surface area contributed by atoms with Crippen LogP contribution in [0.5, 0.6) is 0 Å². The third-order valence-corrected chi connectivity index (χ3v) is 6.61. The highest BCUT2D eigenvalue weighted by Crippen LogP contribution is 2.34. The van der Waals surface area contributed by atoms with Crippen molar-refractivity contribution in [1.29, 1.82) is 0 Å². The van der Waals surface area contributed by atoms with E-state index >= 15 is 0 Å². The number of nitrogens with one attached hydrogen (secondary N) is 1. The first-order valence-corrected chi connectivity index (χ1v) is 13.1. The quantitative estimate of drug-likeness (QED) is 0.389. The minimum absolute atomic E-state index is 0.117. The van der Waals surface area contributed by atoms with Crippen LogP contribution in [0.3, 0.4) is 0 Å². The molecule has 3 N–H and O–H groups in total. The summed E-state index contributed by atoms with van der Waals surface area (Å²) in [7, 11) is 0. The van der Waals surface area contributed by atoms with Crippen LogP contribution in [0.2, 0.25) is 0 Å². The van der Waals surface area contributed by atoms with Crippen molar-refractivity contribution >= 4 is 28.9 Å². The molecule has 10 nitrogen and oxygen atoms in total. The maximum atomic E-state index is 12.9. The summed E-state index contributed by atoms with van der Waals surface area (Å²) >= 11 is 0. The topological polar surface area (TPSA) is 128 Å². The van der Waals surface area contributed by atoms with E-state index in [-0.39, 0.29) is 18.0 Å². The van der Waals surface area contributed by atoms with Crippen LogP contribution < -0.4 is 11.1 Å². The number of carbonyl (C=O) groups excluding carboxylic acids is 2. The average molecular weight is 528 g/mol. The monoisotopic (exact) mass is 527 g/mol. The number of ether oxygens (including phenoxy) is 1. The molecule has 3 heterocycles. The molecular weight excluding hydrogens is 494 g/mol. The summed E-state index contributed by atoms with van der Waals surface area (Å²) in [5, 5.41) is 8.52. The third-order valence-electron chi connectivity index (χ3n) is 6.61. The first kappa shape index (κ1) is 26.1. The average Bonchev–Trinajstić information content (AvgIpc) is 3.33. The van der Waals surface area contributed by atoms with Gasteiger partial charge < -0.3 is 20.7 Å². The van der Waals surface area contributed by atoms with Crippen molar-refractivity contribution in [3.63, 3.8) is 0 Å². The number of benzene rings is 2. The fourth-order valence-electron chi connectivity index (χ4n) is 4.79. The molecule has 39 heavy (non-hydrogen) atoms. The third kappa shape index (κ3) is 5.84. The van der Waals surface area contributed by atoms with Crippen molar-refractivity contribution in [3.8, 4) is 11.3 Å². The van der Waals surface area contributed by atoms with Gasteiger partial charge in [0, 0.05) is 30.8 Å². The SMILES string of the molecule is CC(C)(C)OC(=O)N1CCC[C@@H](n2nc(-c3cccc(C(=O)NCc4ccccc4)c3)c3c(N)ncnc32)C1. The van der Waals surface area contributed by atoms with Gasteiger partial charge in [0.05, 0.1) is 11.4 Å². The highest BCUT2D eigenvalue weighted by molar-refractivity contribution is 6.00. The number of hydrogen-bond donors (Lipinski definition) is 2. The molecule has 0 spiro atoms. The first-order chi connectivity index (χ1) is 18.7. The van der Waals surface area contributed by atoms with E-state index in [2.05, 4.69) is 15.3 Å². The number of nitrogens with two attached hydrogens (primary N) is 1. The lowest BCUT2D eigenvalue weighted by atomic mass is 10.1. The second kappa shape index (κ2) is 10.7. The zero-order chi connectivity index (χ0) is 27.6. The number of anilines is 1. The van der Waals surface area contributed by atoms with Crippen molar-refractivity contribution in [2.24, 2.45) is 0 Å². The Labute approximate surface area is 227 Å². The Kier molecular flexibility index (Phi) is 7.19. The lowest BCUT2D eigenvalue weighted by Gasteiger charge is -2.34. The largest absolute Gasteiger partial charge is 0.444 e. The fraction of sp³-hybridized carbons (Fsp3) is 0.345. The molecule has 0 saturated carbocycles. The molecule has 4 aromatic rings. The number of piperidine rings is 1. The standard InChI is InChI=1S/C29H33N7O3/c1-29(2,3)39-28(38)35-14-8-13-22(17-35)36-26-23(25(30)32-18-33-26)24(34-36)20-11-7-12-21(15-20)27(37)31-16-19-9-5-4-6-10-19/h4-7,9-12,15,18,22H,8,13-14,16-17H2,1-3H3,(H,31,37)(H2,30,32,33)/t22-/m1/s1. The van der Waals surface area contributed by atoms with E-state index in [0.717, 1.165) is 24.0 Å². The number of aromatic nitrogens is 4. The van der Waals surface area contributed by atoms with Gasteiger partial charge in [-0.05, 0) is 51.3 Å². The number of likely N-dealkylation sites (tertiary alicyclic amines) is 1. The van der Waals surface area contributed by atoms with Crippen LogP contribution in [0, 0.1) is 0 Å². The molecule has 2 aromatic heterocycles. The van der Waals surface area contributed by atoms with E-state index in [1.165, 1.54) is 6.33 Å². The molecule has 1 saturated heterocycles. The molecule has 2 amide bonds. The number of fused-ring (bicyclic) bond motifs is 1. The van der Waals surface area contributed by atoms with Gasteiger partial charge in [0.2, 0.25) is 0 Å². The number of hydrogen-bond acceptors (Lipinski definition) is 7. The molecular formula is C29H33N7O3. The van der Waals surface area contributed by atoms with Crippen molar-refractivity contribution in [3.05, 3.63) is 72.1 Å². The molecule has 202 valence electrons. The Bertz CT molecular complexity index is 1490. The maximum absolute atomic E-state index is 12.9. The lowest BCUT2D eigenvalue weighted by Crippen LogP contribution is -2.43. The number of carbonyl (C=O) groups is 2. The van der Waals surface area contributed by atoms with Crippen LogP contribution in [0.15, 0.2) is 60.9 Å². The van der Waals surface area contributed by atoms with Crippen molar-refractivity contribution < 1.29 is 14.3 Å². The lowest BCUT2D eigenvalue weighted by molar-refractivity contribution is 0.0169. The zero-order valence-corrected chi connectivity index (χ0v) is 22.4. The smallest absolute Gasteiger partial charge is 0.410 e. The van der Waals surface area contributed by atoms with Gasteiger partial charge in [-0.3, -0.25) is 4.79 Å². The van der Waals surface area contributed by atoms with Crippen molar-refractivity contribution in [2.45, 2.75) is 51.8 Å². The summed E-state index contributed by atoms with van der Waals surface area (Å²) in [5.74, 6) is 0.119. The van der Waals surface area contributed by atoms with Gasteiger partial charge >= 0.3 is 6.09 Å². The Hall–Kier alpha value is -4.47. The first-order valence-electron chi connectivity index (χ1n) is 13.1.